The zero-order valence-electron chi connectivity index (χ0n) is 21.1. The number of likely N-dealkylation sites (tertiary alicyclic amines) is 1. The molecule has 10 heteroatoms. The first-order chi connectivity index (χ1) is 17.2. The Morgan fingerprint density at radius 3 is 2.56 bits per heavy atom. The van der Waals surface area contributed by atoms with Gasteiger partial charge >= 0.3 is 0 Å². The van der Waals surface area contributed by atoms with Crippen LogP contribution in [0, 0.1) is 0 Å². The summed E-state index contributed by atoms with van der Waals surface area (Å²) in [6, 6.07) is 5.38. The summed E-state index contributed by atoms with van der Waals surface area (Å²) in [7, 11) is 0. The number of fused-ring (bicyclic) bond motifs is 2. The van der Waals surface area contributed by atoms with Crippen LogP contribution in [0.1, 0.15) is 56.8 Å². The van der Waals surface area contributed by atoms with Gasteiger partial charge in [-0.15, -0.1) is 0 Å². The van der Waals surface area contributed by atoms with E-state index in [1.165, 1.54) is 25.6 Å². The molecule has 1 aliphatic rings. The second kappa shape index (κ2) is 9.37. The number of carbonyl (C=O) groups is 1. The van der Waals surface area contributed by atoms with Crippen LogP contribution in [0.4, 0.5) is 5.82 Å². The van der Waals surface area contributed by atoms with Gasteiger partial charge in [0.2, 0.25) is 5.91 Å². The third kappa shape index (κ3) is 4.30. The number of hydrogen-bond acceptors (Lipinski definition) is 6. The first-order valence-electron chi connectivity index (χ1n) is 12.5. The van der Waals surface area contributed by atoms with Crippen LogP contribution in [0.3, 0.4) is 0 Å². The van der Waals surface area contributed by atoms with Gasteiger partial charge in [-0.1, -0.05) is 24.1 Å². The van der Waals surface area contributed by atoms with Crippen molar-refractivity contribution in [2.75, 3.05) is 25.4 Å². The number of anilines is 1. The van der Waals surface area contributed by atoms with E-state index >= 15 is 0 Å². The maximum atomic E-state index is 12.0. The van der Waals surface area contributed by atoms with E-state index in [2.05, 4.69) is 40.2 Å². The maximum absolute atomic E-state index is 12.0. The molecule has 4 N–H and O–H groups in total. The Kier molecular flexibility index (Phi) is 6.38. The number of aryl methyl sites for hydroxylation is 1. The average molecular weight is 509 g/mol. The molecule has 0 unspecified atom stereocenters. The van der Waals surface area contributed by atoms with Gasteiger partial charge in [0.25, 0.3) is 0 Å². The smallest absolute Gasteiger partial charge is 0.248 e. The molecule has 1 fully saturated rings. The second-order valence-electron chi connectivity index (χ2n) is 10.6. The third-order valence-electron chi connectivity index (χ3n) is 6.95. The molecule has 0 radical (unpaired) electrons. The Hall–Kier alpha value is -3.17. The van der Waals surface area contributed by atoms with E-state index in [-0.39, 0.29) is 5.54 Å². The van der Waals surface area contributed by atoms with Crippen molar-refractivity contribution in [2.24, 2.45) is 5.73 Å². The van der Waals surface area contributed by atoms with Gasteiger partial charge in [0.05, 0.1) is 27.2 Å². The maximum Gasteiger partial charge on any atom is 0.248 e. The number of nitrogens with zero attached hydrogens (tertiary/aromatic N) is 6. The van der Waals surface area contributed by atoms with Crippen molar-refractivity contribution in [1.29, 1.82) is 0 Å². The highest BCUT2D eigenvalue weighted by Gasteiger charge is 2.28. The number of piperidine rings is 1. The number of amides is 1. The third-order valence-corrected chi connectivity index (χ3v) is 7.33. The summed E-state index contributed by atoms with van der Waals surface area (Å²) in [5, 5.41) is 7.06. The molecule has 1 saturated heterocycles. The van der Waals surface area contributed by atoms with Crippen molar-refractivity contribution in [1.82, 2.24) is 29.2 Å². The second-order valence-corrected chi connectivity index (χ2v) is 10.9. The predicted octanol–water partition coefficient (Wildman–Crippen LogP) is 4.41. The zero-order chi connectivity index (χ0) is 25.6. The van der Waals surface area contributed by atoms with Crippen LogP contribution in [0.15, 0.2) is 24.5 Å². The summed E-state index contributed by atoms with van der Waals surface area (Å²) < 4.78 is 4.02. The number of aromatic nitrogens is 5. The van der Waals surface area contributed by atoms with Gasteiger partial charge in [0, 0.05) is 17.5 Å². The van der Waals surface area contributed by atoms with Crippen LogP contribution in [0.25, 0.3) is 33.3 Å². The summed E-state index contributed by atoms with van der Waals surface area (Å²) in [5.74, 6) is -0.125. The lowest BCUT2D eigenvalue weighted by Gasteiger charge is -2.26. The highest BCUT2D eigenvalue weighted by atomic mass is 35.5. The van der Waals surface area contributed by atoms with Gasteiger partial charge in [-0.2, -0.15) is 5.10 Å². The largest absolute Gasteiger partial charge is 0.383 e. The monoisotopic (exact) mass is 508 g/mol. The lowest BCUT2D eigenvalue weighted by Crippen LogP contribution is -2.31. The first-order valence-corrected chi connectivity index (χ1v) is 12.9. The van der Waals surface area contributed by atoms with Gasteiger partial charge in [0.1, 0.15) is 17.8 Å². The van der Waals surface area contributed by atoms with Crippen molar-refractivity contribution < 1.29 is 4.79 Å². The minimum Gasteiger partial charge on any atom is -0.383 e. The normalized spacial score (nSPS) is 15.2. The van der Waals surface area contributed by atoms with Crippen molar-refractivity contribution in [3.05, 3.63) is 35.1 Å². The van der Waals surface area contributed by atoms with Gasteiger partial charge in [0.15, 0.2) is 5.65 Å². The number of nitrogens with two attached hydrogens (primary N) is 2. The molecule has 0 bridgehead atoms. The Labute approximate surface area is 215 Å². The predicted molar refractivity (Wildman–Crippen MR) is 144 cm³/mol. The van der Waals surface area contributed by atoms with Crippen LogP contribution >= 0.6 is 11.6 Å². The van der Waals surface area contributed by atoms with Crippen LogP contribution < -0.4 is 11.5 Å². The molecule has 3 aromatic heterocycles. The molecule has 0 spiro atoms. The van der Waals surface area contributed by atoms with Crippen LogP contribution in [0.2, 0.25) is 5.02 Å². The molecule has 36 heavy (non-hydrogen) atoms. The number of primary amides is 1. The zero-order valence-corrected chi connectivity index (χ0v) is 21.8. The molecule has 190 valence electrons. The SMILES string of the molecule is CC(C)(C)n1nc(-c2c(Cl)c3ccc(C(N)=O)cc3n2CCCN2CCCCC2)c2c(N)ncnc21. The molecule has 4 aromatic rings. The van der Waals surface area contributed by atoms with E-state index in [9.17, 15) is 4.79 Å². The lowest BCUT2D eigenvalue weighted by molar-refractivity contribution is 0.100. The number of hydrogen-bond donors (Lipinski definition) is 2. The molecule has 0 atom stereocenters. The number of halogens is 1. The van der Waals surface area contributed by atoms with Crippen LogP contribution in [-0.4, -0.2) is 54.8 Å². The van der Waals surface area contributed by atoms with E-state index in [1.807, 2.05) is 16.8 Å². The first kappa shape index (κ1) is 24.5. The molecular weight excluding hydrogens is 476 g/mol. The van der Waals surface area contributed by atoms with E-state index in [4.69, 9.17) is 28.2 Å². The molecule has 0 aliphatic carbocycles. The minimum absolute atomic E-state index is 0.339. The summed E-state index contributed by atoms with van der Waals surface area (Å²) in [6.45, 7) is 10.2. The highest BCUT2D eigenvalue weighted by Crippen LogP contribution is 2.42. The van der Waals surface area contributed by atoms with E-state index < -0.39 is 5.91 Å². The lowest BCUT2D eigenvalue weighted by atomic mass is 10.1. The van der Waals surface area contributed by atoms with Crippen molar-refractivity contribution >= 4 is 45.3 Å². The number of benzene rings is 1. The van der Waals surface area contributed by atoms with E-state index in [0.717, 1.165) is 42.7 Å². The Balaban J connectivity index is 1.70. The summed E-state index contributed by atoms with van der Waals surface area (Å²) >= 11 is 7.05. The van der Waals surface area contributed by atoms with Gasteiger partial charge < -0.3 is 20.9 Å². The fourth-order valence-corrected chi connectivity index (χ4v) is 5.52. The Morgan fingerprint density at radius 2 is 1.86 bits per heavy atom. The summed E-state index contributed by atoms with van der Waals surface area (Å²) in [5.41, 5.74) is 15.0. The van der Waals surface area contributed by atoms with Crippen LogP contribution in [0.5, 0.6) is 0 Å². The van der Waals surface area contributed by atoms with Crippen molar-refractivity contribution in [3.8, 4) is 11.4 Å². The topological polar surface area (TPSA) is 121 Å². The van der Waals surface area contributed by atoms with Gasteiger partial charge in [-0.05, 0) is 71.8 Å². The molecule has 9 nitrogen and oxygen atoms in total. The van der Waals surface area contributed by atoms with Crippen molar-refractivity contribution in [3.63, 3.8) is 0 Å². The van der Waals surface area contributed by atoms with Crippen LogP contribution in [-0.2, 0) is 12.1 Å². The van der Waals surface area contributed by atoms with E-state index in [1.54, 1.807) is 6.07 Å². The fraction of sp³-hybridized carbons (Fsp3) is 0.462. The summed E-state index contributed by atoms with van der Waals surface area (Å²) in [6.07, 6.45) is 6.20. The molecule has 0 saturated carbocycles. The standard InChI is InChI=1S/C26H33ClN8O/c1-26(2,3)35-25-19(23(28)30-15-31-25)21(32-35)22-20(27)17-9-8-16(24(29)36)14-18(17)34(22)13-7-12-33-10-5-4-6-11-33/h8-9,14-15H,4-7,10-13H2,1-3H3,(H2,29,36)(H2,28,30,31). The molecule has 1 amide bonds. The Morgan fingerprint density at radius 1 is 1.11 bits per heavy atom. The van der Waals surface area contributed by atoms with E-state index in [0.29, 0.717) is 39.7 Å². The Bertz CT molecular complexity index is 1440. The fourth-order valence-electron chi connectivity index (χ4n) is 5.17. The molecule has 1 aliphatic heterocycles. The summed E-state index contributed by atoms with van der Waals surface area (Å²) in [4.78, 5) is 23.3. The van der Waals surface area contributed by atoms with Gasteiger partial charge in [-0.3, -0.25) is 4.79 Å². The van der Waals surface area contributed by atoms with Crippen molar-refractivity contribution in [2.45, 2.75) is 58.5 Å². The highest BCUT2D eigenvalue weighted by molar-refractivity contribution is 6.39. The quantitative estimate of drug-likeness (QED) is 0.398. The molecule has 5 rings (SSSR count). The van der Waals surface area contributed by atoms with Gasteiger partial charge in [-0.25, -0.2) is 14.6 Å². The number of rotatable bonds is 6. The average Bonchev–Trinajstić information content (AvgIpc) is 3.36. The molecule has 4 heterocycles. The minimum atomic E-state index is -0.476. The molecule has 1 aromatic carbocycles. The number of carbonyl (C=O) groups excluding carboxylic acids is 1. The molecular formula is C26H33ClN8O. The number of nitrogen functional groups attached to an aromatic ring is 1.